The van der Waals surface area contributed by atoms with Crippen LogP contribution < -0.4 is 5.32 Å². The zero-order chi connectivity index (χ0) is 13.5. The number of nitrogens with one attached hydrogen (secondary N) is 1. The first kappa shape index (κ1) is 13.4. The van der Waals surface area contributed by atoms with Crippen molar-refractivity contribution in [2.75, 3.05) is 13.1 Å². The fourth-order valence-electron chi connectivity index (χ4n) is 2.01. The first-order valence-electron chi connectivity index (χ1n) is 6.50. The molecule has 0 atom stereocenters. The Morgan fingerprint density at radius 3 is 1.63 bits per heavy atom. The fraction of sp³-hybridized carbons (Fsp3) is 0.250. The zero-order valence-corrected chi connectivity index (χ0v) is 10.8. The van der Waals surface area contributed by atoms with Gasteiger partial charge in [-0.25, -0.2) is 0 Å². The van der Waals surface area contributed by atoms with E-state index in [0.717, 1.165) is 37.1 Å². The highest BCUT2D eigenvalue weighted by molar-refractivity contribution is 5.28. The molecule has 0 heterocycles. The second-order valence-corrected chi connectivity index (χ2v) is 4.59. The molecule has 2 aromatic rings. The lowest BCUT2D eigenvalue weighted by Crippen LogP contribution is -2.20. The monoisotopic (exact) mass is 257 g/mol. The van der Waals surface area contributed by atoms with Crippen molar-refractivity contribution in [2.45, 2.75) is 12.8 Å². The molecule has 0 radical (unpaired) electrons. The normalized spacial score (nSPS) is 10.5. The minimum Gasteiger partial charge on any atom is -0.508 e. The number of aromatic hydroxyl groups is 2. The van der Waals surface area contributed by atoms with Crippen molar-refractivity contribution in [3.8, 4) is 11.5 Å². The second kappa shape index (κ2) is 6.81. The van der Waals surface area contributed by atoms with Crippen molar-refractivity contribution in [1.82, 2.24) is 5.32 Å². The van der Waals surface area contributed by atoms with Gasteiger partial charge in [-0.2, -0.15) is 0 Å². The molecular formula is C16H19NO2. The van der Waals surface area contributed by atoms with Crippen molar-refractivity contribution in [3.63, 3.8) is 0 Å². The molecule has 3 heteroatoms. The molecule has 0 bridgehead atoms. The lowest BCUT2D eigenvalue weighted by Gasteiger charge is -2.06. The summed E-state index contributed by atoms with van der Waals surface area (Å²) in [6, 6.07) is 14.7. The van der Waals surface area contributed by atoms with Gasteiger partial charge in [0.25, 0.3) is 0 Å². The average molecular weight is 257 g/mol. The highest BCUT2D eigenvalue weighted by Crippen LogP contribution is 2.12. The van der Waals surface area contributed by atoms with Gasteiger partial charge in [-0.15, -0.1) is 0 Å². The van der Waals surface area contributed by atoms with Crippen LogP contribution in [0.15, 0.2) is 48.5 Å². The number of hydrogen-bond donors (Lipinski definition) is 3. The number of rotatable bonds is 6. The predicted molar refractivity (Wildman–Crippen MR) is 76.5 cm³/mol. The van der Waals surface area contributed by atoms with E-state index in [1.54, 1.807) is 24.3 Å². The Labute approximate surface area is 113 Å². The Hall–Kier alpha value is -2.00. The van der Waals surface area contributed by atoms with E-state index in [9.17, 15) is 10.2 Å². The molecule has 0 saturated heterocycles. The molecule has 100 valence electrons. The van der Waals surface area contributed by atoms with Gasteiger partial charge in [-0.3, -0.25) is 0 Å². The van der Waals surface area contributed by atoms with Gasteiger partial charge in [0, 0.05) is 0 Å². The Bertz CT molecular complexity index is 478. The van der Waals surface area contributed by atoms with Crippen LogP contribution in [-0.2, 0) is 12.8 Å². The predicted octanol–water partition coefficient (Wildman–Crippen LogP) is 2.47. The number of benzene rings is 2. The van der Waals surface area contributed by atoms with Gasteiger partial charge >= 0.3 is 0 Å². The summed E-state index contributed by atoms with van der Waals surface area (Å²) < 4.78 is 0. The van der Waals surface area contributed by atoms with Crippen LogP contribution in [0.1, 0.15) is 11.1 Å². The van der Waals surface area contributed by atoms with Gasteiger partial charge in [0.1, 0.15) is 11.5 Å². The average Bonchev–Trinajstić information content (AvgIpc) is 2.38. The number of phenolic OH excluding ortho intramolecular Hbond substituents is 2. The third-order valence-corrected chi connectivity index (χ3v) is 3.00. The maximum absolute atomic E-state index is 9.35. The van der Waals surface area contributed by atoms with E-state index in [-0.39, 0.29) is 0 Å². The number of phenols is 2. The molecular weight excluding hydrogens is 238 g/mol. The summed E-state index contributed by atoms with van der Waals surface area (Å²) in [5.74, 6) is 0.634. The van der Waals surface area contributed by atoms with Gasteiger partial charge in [0.15, 0.2) is 0 Å². The molecule has 0 fully saturated rings. The molecule has 0 spiro atoms. The lowest BCUT2D eigenvalue weighted by atomic mass is 10.1. The van der Waals surface area contributed by atoms with Gasteiger partial charge in [0.05, 0.1) is 0 Å². The smallest absolute Gasteiger partial charge is 0.115 e. The van der Waals surface area contributed by atoms with Crippen LogP contribution in [0.5, 0.6) is 11.5 Å². The Kier molecular flexibility index (Phi) is 4.81. The van der Waals surface area contributed by atoms with E-state index in [1.807, 2.05) is 24.3 Å². The minimum absolute atomic E-state index is 0.317. The van der Waals surface area contributed by atoms with E-state index in [0.29, 0.717) is 11.5 Å². The van der Waals surface area contributed by atoms with Crippen LogP contribution in [0.4, 0.5) is 0 Å². The molecule has 0 saturated carbocycles. The van der Waals surface area contributed by atoms with E-state index >= 15 is 0 Å². The molecule has 0 amide bonds. The van der Waals surface area contributed by atoms with E-state index in [2.05, 4.69) is 5.32 Å². The maximum atomic E-state index is 9.35. The van der Waals surface area contributed by atoms with Gasteiger partial charge in [0.2, 0.25) is 0 Å². The summed E-state index contributed by atoms with van der Waals surface area (Å²) in [6.07, 6.45) is 1.79. The Morgan fingerprint density at radius 1 is 0.737 bits per heavy atom. The first-order chi connectivity index (χ1) is 9.24. The molecule has 3 nitrogen and oxygen atoms in total. The van der Waals surface area contributed by atoms with Crippen molar-refractivity contribution in [2.24, 2.45) is 0 Å². The summed E-state index contributed by atoms with van der Waals surface area (Å²) in [5.41, 5.74) is 2.26. The van der Waals surface area contributed by atoms with Gasteiger partial charge < -0.3 is 15.5 Å². The summed E-state index contributed by atoms with van der Waals surface area (Å²) >= 11 is 0. The van der Waals surface area contributed by atoms with E-state index in [4.69, 9.17) is 0 Å². The van der Waals surface area contributed by atoms with Crippen molar-refractivity contribution >= 4 is 0 Å². The molecule has 2 aromatic carbocycles. The minimum atomic E-state index is 0.317. The van der Waals surface area contributed by atoms with Crippen molar-refractivity contribution in [1.29, 1.82) is 0 Å². The van der Waals surface area contributed by atoms with Crippen LogP contribution in [0, 0.1) is 0 Å². The molecule has 19 heavy (non-hydrogen) atoms. The lowest BCUT2D eigenvalue weighted by molar-refractivity contribution is 0.474. The van der Waals surface area contributed by atoms with Crippen molar-refractivity contribution < 1.29 is 10.2 Å². The van der Waals surface area contributed by atoms with Crippen LogP contribution in [0.3, 0.4) is 0 Å². The van der Waals surface area contributed by atoms with Crippen LogP contribution in [0.25, 0.3) is 0 Å². The quantitative estimate of drug-likeness (QED) is 0.697. The number of hydrogen-bond acceptors (Lipinski definition) is 3. The van der Waals surface area contributed by atoms with E-state index in [1.165, 1.54) is 0 Å². The Balaban J connectivity index is 1.67. The maximum Gasteiger partial charge on any atom is 0.115 e. The molecule has 0 aromatic heterocycles. The third kappa shape index (κ3) is 4.64. The standard InChI is InChI=1S/C16H19NO2/c18-15-5-1-3-13(11-15)7-9-17-10-8-14-4-2-6-16(19)12-14/h1-6,11-12,17-19H,7-10H2. The van der Waals surface area contributed by atoms with Gasteiger partial charge in [-0.05, 0) is 61.3 Å². The molecule has 2 rings (SSSR count). The van der Waals surface area contributed by atoms with Crippen LogP contribution in [-0.4, -0.2) is 23.3 Å². The summed E-state index contributed by atoms with van der Waals surface area (Å²) in [6.45, 7) is 1.75. The SMILES string of the molecule is Oc1cccc(CCNCCc2cccc(O)c2)c1. The zero-order valence-electron chi connectivity index (χ0n) is 10.8. The summed E-state index contributed by atoms with van der Waals surface area (Å²) in [7, 11) is 0. The largest absolute Gasteiger partial charge is 0.508 e. The second-order valence-electron chi connectivity index (χ2n) is 4.59. The summed E-state index contributed by atoms with van der Waals surface area (Å²) in [5, 5.41) is 22.1. The summed E-state index contributed by atoms with van der Waals surface area (Å²) in [4.78, 5) is 0. The van der Waals surface area contributed by atoms with Crippen LogP contribution >= 0.6 is 0 Å². The molecule has 0 aliphatic heterocycles. The molecule has 0 aliphatic rings. The van der Waals surface area contributed by atoms with Crippen molar-refractivity contribution in [3.05, 3.63) is 59.7 Å². The topological polar surface area (TPSA) is 52.5 Å². The van der Waals surface area contributed by atoms with E-state index < -0.39 is 0 Å². The third-order valence-electron chi connectivity index (χ3n) is 3.00. The highest BCUT2D eigenvalue weighted by atomic mass is 16.3. The highest BCUT2D eigenvalue weighted by Gasteiger charge is 1.96. The molecule has 0 aliphatic carbocycles. The van der Waals surface area contributed by atoms with Gasteiger partial charge in [-0.1, -0.05) is 24.3 Å². The fourth-order valence-corrected chi connectivity index (χ4v) is 2.01. The first-order valence-corrected chi connectivity index (χ1v) is 6.50. The molecule has 3 N–H and O–H groups in total. The Morgan fingerprint density at radius 2 is 1.21 bits per heavy atom. The van der Waals surface area contributed by atoms with Crippen LogP contribution in [0.2, 0.25) is 0 Å². The molecule has 0 unspecified atom stereocenters.